The van der Waals surface area contributed by atoms with Gasteiger partial charge in [0.2, 0.25) is 0 Å². The van der Waals surface area contributed by atoms with Crippen molar-refractivity contribution in [2.24, 2.45) is 28.4 Å². The Labute approximate surface area is 119 Å². The zero-order chi connectivity index (χ0) is 14.3. The van der Waals surface area contributed by atoms with Gasteiger partial charge < -0.3 is 10.8 Å². The lowest BCUT2D eigenvalue weighted by molar-refractivity contribution is -0.174. The predicted octanol–water partition coefficient (Wildman–Crippen LogP) is 3.72. The largest absolute Gasteiger partial charge is 0.389 e. The summed E-state index contributed by atoms with van der Waals surface area (Å²) < 4.78 is 0. The number of hydrogen-bond acceptors (Lipinski definition) is 2. The second-order valence-electron chi connectivity index (χ2n) is 8.38. The Balaban J connectivity index is 2.26. The fourth-order valence-electron chi connectivity index (χ4n) is 5.08. The van der Waals surface area contributed by atoms with Crippen molar-refractivity contribution in [1.29, 1.82) is 0 Å². The molecule has 0 aromatic heterocycles. The molecule has 4 atom stereocenters. The summed E-state index contributed by atoms with van der Waals surface area (Å²) in [5, 5.41) is 11.5. The van der Waals surface area contributed by atoms with Gasteiger partial charge in [0.25, 0.3) is 0 Å². The van der Waals surface area contributed by atoms with Crippen LogP contribution in [-0.2, 0) is 0 Å². The first-order chi connectivity index (χ1) is 8.75. The van der Waals surface area contributed by atoms with Gasteiger partial charge >= 0.3 is 0 Å². The van der Waals surface area contributed by atoms with E-state index in [-0.39, 0.29) is 5.41 Å². The van der Waals surface area contributed by atoms with Crippen LogP contribution >= 0.6 is 0 Å². The molecule has 0 spiro atoms. The Morgan fingerprint density at radius 1 is 1.11 bits per heavy atom. The first-order valence-corrected chi connectivity index (χ1v) is 8.17. The van der Waals surface area contributed by atoms with Gasteiger partial charge in [0.1, 0.15) is 0 Å². The van der Waals surface area contributed by atoms with Gasteiger partial charge in [-0.25, -0.2) is 0 Å². The smallest absolute Gasteiger partial charge is 0.0741 e. The molecule has 0 saturated heterocycles. The van der Waals surface area contributed by atoms with Crippen LogP contribution in [0.1, 0.15) is 72.6 Å². The van der Waals surface area contributed by atoms with Crippen LogP contribution in [-0.4, -0.2) is 17.3 Å². The fraction of sp³-hybridized carbons (Fsp3) is 1.00. The van der Waals surface area contributed by atoms with E-state index in [9.17, 15) is 5.11 Å². The Kier molecular flexibility index (Phi) is 4.06. The van der Waals surface area contributed by atoms with Gasteiger partial charge in [0, 0.05) is 12.0 Å². The van der Waals surface area contributed by atoms with Gasteiger partial charge in [-0.05, 0) is 49.4 Å². The summed E-state index contributed by atoms with van der Waals surface area (Å²) in [7, 11) is 0. The van der Waals surface area contributed by atoms with E-state index in [1.807, 2.05) is 0 Å². The van der Waals surface area contributed by atoms with Gasteiger partial charge in [0.15, 0.2) is 0 Å². The van der Waals surface area contributed by atoms with Crippen molar-refractivity contribution in [1.82, 2.24) is 0 Å². The molecular formula is C17H33NO. The highest BCUT2D eigenvalue weighted by Gasteiger charge is 2.56. The Morgan fingerprint density at radius 3 is 2.32 bits per heavy atom. The minimum atomic E-state index is -0.536. The SMILES string of the molecule is CC1CCCC(CN)(C2(O)CCC(C)(C)CC2C)C1. The van der Waals surface area contributed by atoms with E-state index >= 15 is 0 Å². The molecule has 0 radical (unpaired) electrons. The third-order valence-corrected chi connectivity index (χ3v) is 6.26. The van der Waals surface area contributed by atoms with Crippen LogP contribution in [0.3, 0.4) is 0 Å². The number of aliphatic hydroxyl groups is 1. The molecule has 4 unspecified atom stereocenters. The lowest BCUT2D eigenvalue weighted by atomic mass is 9.51. The summed E-state index contributed by atoms with van der Waals surface area (Å²) in [6.07, 6.45) is 7.96. The highest BCUT2D eigenvalue weighted by Crippen LogP contribution is 2.56. The molecular weight excluding hydrogens is 234 g/mol. The Hall–Kier alpha value is -0.0800. The van der Waals surface area contributed by atoms with E-state index in [0.29, 0.717) is 23.8 Å². The monoisotopic (exact) mass is 267 g/mol. The molecule has 0 aromatic rings. The predicted molar refractivity (Wildman–Crippen MR) is 80.9 cm³/mol. The lowest BCUT2D eigenvalue weighted by Crippen LogP contribution is -2.60. The molecule has 0 aromatic carbocycles. The van der Waals surface area contributed by atoms with Crippen molar-refractivity contribution in [3.8, 4) is 0 Å². The van der Waals surface area contributed by atoms with E-state index in [1.54, 1.807) is 0 Å². The molecule has 0 bridgehead atoms. The van der Waals surface area contributed by atoms with Gasteiger partial charge in [-0.3, -0.25) is 0 Å². The van der Waals surface area contributed by atoms with Crippen LogP contribution in [0.15, 0.2) is 0 Å². The van der Waals surface area contributed by atoms with E-state index in [0.717, 1.165) is 32.1 Å². The molecule has 0 heterocycles. The van der Waals surface area contributed by atoms with Gasteiger partial charge in [-0.15, -0.1) is 0 Å². The quantitative estimate of drug-likeness (QED) is 0.801. The van der Waals surface area contributed by atoms with Gasteiger partial charge in [0.05, 0.1) is 5.60 Å². The van der Waals surface area contributed by atoms with E-state index in [2.05, 4.69) is 27.7 Å². The van der Waals surface area contributed by atoms with Crippen molar-refractivity contribution < 1.29 is 5.11 Å². The van der Waals surface area contributed by atoms with Crippen LogP contribution in [0.2, 0.25) is 0 Å². The first-order valence-electron chi connectivity index (χ1n) is 8.17. The van der Waals surface area contributed by atoms with E-state index in [4.69, 9.17) is 5.73 Å². The topological polar surface area (TPSA) is 46.2 Å². The normalized spacial score (nSPS) is 47.1. The Bertz CT molecular complexity index is 327. The number of hydrogen-bond donors (Lipinski definition) is 2. The van der Waals surface area contributed by atoms with Gasteiger partial charge in [-0.2, -0.15) is 0 Å². The molecule has 2 heteroatoms. The molecule has 2 aliphatic carbocycles. The molecule has 0 aliphatic heterocycles. The maximum absolute atomic E-state index is 11.5. The molecule has 2 saturated carbocycles. The summed E-state index contributed by atoms with van der Waals surface area (Å²) in [6.45, 7) is 9.89. The summed E-state index contributed by atoms with van der Waals surface area (Å²) >= 11 is 0. The summed E-state index contributed by atoms with van der Waals surface area (Å²) in [5.74, 6) is 1.08. The number of nitrogens with two attached hydrogens (primary N) is 1. The van der Waals surface area contributed by atoms with Crippen LogP contribution in [0, 0.1) is 22.7 Å². The second kappa shape index (κ2) is 5.04. The van der Waals surface area contributed by atoms with Crippen molar-refractivity contribution in [3.05, 3.63) is 0 Å². The number of rotatable bonds is 2. The van der Waals surface area contributed by atoms with E-state index < -0.39 is 5.60 Å². The van der Waals surface area contributed by atoms with E-state index in [1.165, 1.54) is 12.8 Å². The molecule has 2 fully saturated rings. The molecule has 19 heavy (non-hydrogen) atoms. The summed E-state index contributed by atoms with van der Waals surface area (Å²) in [5.41, 5.74) is 6.00. The van der Waals surface area contributed by atoms with Crippen LogP contribution in [0.25, 0.3) is 0 Å². The Morgan fingerprint density at radius 2 is 1.79 bits per heavy atom. The summed E-state index contributed by atoms with van der Waals surface area (Å²) in [6, 6.07) is 0. The van der Waals surface area contributed by atoms with Crippen LogP contribution in [0.5, 0.6) is 0 Å². The van der Waals surface area contributed by atoms with Crippen molar-refractivity contribution >= 4 is 0 Å². The lowest BCUT2D eigenvalue weighted by Gasteiger charge is -2.57. The molecule has 2 aliphatic rings. The van der Waals surface area contributed by atoms with Crippen molar-refractivity contribution in [2.45, 2.75) is 78.2 Å². The molecule has 3 N–H and O–H groups in total. The van der Waals surface area contributed by atoms with Crippen molar-refractivity contribution in [2.75, 3.05) is 6.54 Å². The molecule has 0 amide bonds. The average Bonchev–Trinajstić information content (AvgIpc) is 2.33. The third-order valence-electron chi connectivity index (χ3n) is 6.26. The minimum absolute atomic E-state index is 0.0272. The van der Waals surface area contributed by atoms with Crippen LogP contribution < -0.4 is 5.73 Å². The average molecular weight is 267 g/mol. The zero-order valence-electron chi connectivity index (χ0n) is 13.3. The van der Waals surface area contributed by atoms with Crippen molar-refractivity contribution in [3.63, 3.8) is 0 Å². The zero-order valence-corrected chi connectivity index (χ0v) is 13.3. The first kappa shape index (κ1) is 15.3. The fourth-order valence-corrected chi connectivity index (χ4v) is 5.08. The standard InChI is InChI=1S/C17H33NO/c1-13-6-5-7-16(10-13,12-18)17(19)9-8-15(3,4)11-14(17)2/h13-14,19H,5-12,18H2,1-4H3. The summed E-state index contributed by atoms with van der Waals surface area (Å²) in [4.78, 5) is 0. The molecule has 112 valence electrons. The third kappa shape index (κ3) is 2.58. The highest BCUT2D eigenvalue weighted by atomic mass is 16.3. The molecule has 2 rings (SSSR count). The maximum atomic E-state index is 11.5. The second-order valence-corrected chi connectivity index (χ2v) is 8.38. The minimum Gasteiger partial charge on any atom is -0.389 e. The highest BCUT2D eigenvalue weighted by molar-refractivity contribution is 5.07. The molecule has 2 nitrogen and oxygen atoms in total. The maximum Gasteiger partial charge on any atom is 0.0741 e. The van der Waals surface area contributed by atoms with Crippen LogP contribution in [0.4, 0.5) is 0 Å². The van der Waals surface area contributed by atoms with Gasteiger partial charge in [-0.1, -0.05) is 40.5 Å².